The molecule has 1 heterocycles. The summed E-state index contributed by atoms with van der Waals surface area (Å²) < 4.78 is 41.0. The summed E-state index contributed by atoms with van der Waals surface area (Å²) in [7, 11) is 0. The van der Waals surface area contributed by atoms with Crippen molar-refractivity contribution in [3.8, 4) is 5.69 Å². The molecule has 0 aliphatic heterocycles. The van der Waals surface area contributed by atoms with E-state index in [1.54, 1.807) is 6.07 Å². The Balaban J connectivity index is 1.88. The van der Waals surface area contributed by atoms with Gasteiger partial charge in [-0.2, -0.15) is 13.2 Å². The molecule has 0 radical (unpaired) electrons. The lowest BCUT2D eigenvalue weighted by atomic mass is 10.1. The van der Waals surface area contributed by atoms with E-state index in [0.717, 1.165) is 22.5 Å². The summed E-state index contributed by atoms with van der Waals surface area (Å²) >= 11 is 3.34. The molecular weight excluding hydrogens is 413 g/mol. The molecule has 1 amide bonds. The van der Waals surface area contributed by atoms with E-state index in [4.69, 9.17) is 0 Å². The fourth-order valence-electron chi connectivity index (χ4n) is 2.31. The summed E-state index contributed by atoms with van der Waals surface area (Å²) in [4.78, 5) is 12.3. The quantitative estimate of drug-likeness (QED) is 0.667. The lowest BCUT2D eigenvalue weighted by Gasteiger charge is -2.11. The number of nitrogens with zero attached hydrogens (tertiary/aromatic N) is 3. The zero-order chi connectivity index (χ0) is 18.9. The van der Waals surface area contributed by atoms with Crippen molar-refractivity contribution in [2.45, 2.75) is 13.1 Å². The number of anilines is 1. The first-order chi connectivity index (χ1) is 12.3. The predicted molar refractivity (Wildman–Crippen MR) is 93.2 cm³/mol. The molecule has 1 aromatic heterocycles. The Hall–Kier alpha value is -2.68. The number of aromatic nitrogens is 3. The fraction of sp³-hybridized carbons (Fsp3) is 0.118. The Kier molecular flexibility index (Phi) is 4.82. The molecule has 0 bridgehead atoms. The smallest absolute Gasteiger partial charge is 0.319 e. The SMILES string of the molecule is Cc1ccc(NC(=O)c2cn(-c3ccccc3C(F)(F)F)nn2)c(Br)c1. The van der Waals surface area contributed by atoms with Gasteiger partial charge in [0.1, 0.15) is 0 Å². The molecule has 0 saturated carbocycles. The first-order valence-corrected chi connectivity index (χ1v) is 8.21. The number of carbonyl (C=O) groups is 1. The summed E-state index contributed by atoms with van der Waals surface area (Å²) in [5.41, 5.74) is 0.353. The van der Waals surface area contributed by atoms with Crippen molar-refractivity contribution in [2.24, 2.45) is 0 Å². The maximum Gasteiger partial charge on any atom is 0.418 e. The monoisotopic (exact) mass is 424 g/mol. The van der Waals surface area contributed by atoms with Gasteiger partial charge in [0.25, 0.3) is 5.91 Å². The van der Waals surface area contributed by atoms with E-state index in [0.29, 0.717) is 10.2 Å². The molecule has 9 heteroatoms. The summed E-state index contributed by atoms with van der Waals surface area (Å²) in [5, 5.41) is 9.97. The van der Waals surface area contributed by atoms with E-state index in [-0.39, 0.29) is 11.4 Å². The highest BCUT2D eigenvalue weighted by Crippen LogP contribution is 2.33. The highest BCUT2D eigenvalue weighted by Gasteiger charge is 2.34. The van der Waals surface area contributed by atoms with Crippen LogP contribution in [0, 0.1) is 6.92 Å². The number of carbonyl (C=O) groups excluding carboxylic acids is 1. The maximum atomic E-state index is 13.1. The predicted octanol–water partition coefficient (Wildman–Crippen LogP) is 4.61. The van der Waals surface area contributed by atoms with Crippen molar-refractivity contribution in [1.82, 2.24) is 15.0 Å². The number of hydrogen-bond acceptors (Lipinski definition) is 3. The maximum absolute atomic E-state index is 13.1. The van der Waals surface area contributed by atoms with E-state index >= 15 is 0 Å². The van der Waals surface area contributed by atoms with Gasteiger partial charge in [0.2, 0.25) is 0 Å². The number of halogens is 4. The highest BCUT2D eigenvalue weighted by molar-refractivity contribution is 9.10. The van der Waals surface area contributed by atoms with Crippen LogP contribution in [0.2, 0.25) is 0 Å². The van der Waals surface area contributed by atoms with Gasteiger partial charge in [-0.1, -0.05) is 23.4 Å². The van der Waals surface area contributed by atoms with Gasteiger partial charge >= 0.3 is 6.18 Å². The molecule has 0 spiro atoms. The minimum atomic E-state index is -4.54. The second kappa shape index (κ2) is 6.91. The van der Waals surface area contributed by atoms with Crippen LogP contribution < -0.4 is 5.32 Å². The summed E-state index contributed by atoms with van der Waals surface area (Å²) in [6.07, 6.45) is -3.39. The lowest BCUT2D eigenvalue weighted by molar-refractivity contribution is -0.137. The number of rotatable bonds is 3. The van der Waals surface area contributed by atoms with Crippen molar-refractivity contribution in [1.29, 1.82) is 0 Å². The molecule has 0 aliphatic rings. The van der Waals surface area contributed by atoms with Crippen LogP contribution in [0.25, 0.3) is 5.69 Å². The van der Waals surface area contributed by atoms with Crippen LogP contribution in [0.15, 0.2) is 53.1 Å². The molecule has 3 rings (SSSR count). The number of benzene rings is 2. The molecule has 26 heavy (non-hydrogen) atoms. The van der Waals surface area contributed by atoms with Crippen LogP contribution in [0.1, 0.15) is 21.6 Å². The van der Waals surface area contributed by atoms with Gasteiger partial charge < -0.3 is 5.32 Å². The van der Waals surface area contributed by atoms with Gasteiger partial charge in [0.05, 0.1) is 23.1 Å². The minimum absolute atomic E-state index is 0.102. The molecule has 0 fully saturated rings. The van der Waals surface area contributed by atoms with E-state index < -0.39 is 17.6 Å². The normalized spacial score (nSPS) is 11.4. The van der Waals surface area contributed by atoms with Gasteiger partial charge in [-0.3, -0.25) is 4.79 Å². The number of aryl methyl sites for hydroxylation is 1. The Morgan fingerprint density at radius 1 is 1.19 bits per heavy atom. The molecule has 0 unspecified atom stereocenters. The Labute approximate surface area is 155 Å². The largest absolute Gasteiger partial charge is 0.418 e. The van der Waals surface area contributed by atoms with Crippen molar-refractivity contribution >= 4 is 27.5 Å². The summed E-state index contributed by atoms with van der Waals surface area (Å²) in [6, 6.07) is 10.3. The molecule has 0 aliphatic carbocycles. The Morgan fingerprint density at radius 3 is 2.62 bits per heavy atom. The van der Waals surface area contributed by atoms with Crippen molar-refractivity contribution in [3.05, 3.63) is 70.0 Å². The van der Waals surface area contributed by atoms with Gasteiger partial charge in [-0.15, -0.1) is 5.10 Å². The van der Waals surface area contributed by atoms with Gasteiger partial charge in [0, 0.05) is 4.47 Å². The van der Waals surface area contributed by atoms with E-state index in [2.05, 4.69) is 31.6 Å². The first-order valence-electron chi connectivity index (χ1n) is 7.42. The van der Waals surface area contributed by atoms with Crippen LogP contribution in [0.5, 0.6) is 0 Å². The second-order valence-corrected chi connectivity index (χ2v) is 6.36. The van der Waals surface area contributed by atoms with Gasteiger partial charge in [-0.25, -0.2) is 4.68 Å². The lowest BCUT2D eigenvalue weighted by Crippen LogP contribution is -2.13. The number of para-hydroxylation sites is 1. The third-order valence-electron chi connectivity index (χ3n) is 3.56. The Morgan fingerprint density at radius 2 is 1.92 bits per heavy atom. The zero-order valence-electron chi connectivity index (χ0n) is 13.4. The van der Waals surface area contributed by atoms with Crippen molar-refractivity contribution in [2.75, 3.05) is 5.32 Å². The van der Waals surface area contributed by atoms with Crippen LogP contribution in [-0.2, 0) is 6.18 Å². The third-order valence-corrected chi connectivity index (χ3v) is 4.21. The van der Waals surface area contributed by atoms with Crippen molar-refractivity contribution in [3.63, 3.8) is 0 Å². The molecule has 3 aromatic rings. The van der Waals surface area contributed by atoms with Crippen LogP contribution in [-0.4, -0.2) is 20.9 Å². The number of nitrogens with one attached hydrogen (secondary N) is 1. The molecule has 5 nitrogen and oxygen atoms in total. The van der Waals surface area contributed by atoms with E-state index in [9.17, 15) is 18.0 Å². The molecule has 0 saturated heterocycles. The topological polar surface area (TPSA) is 59.8 Å². The fourth-order valence-corrected chi connectivity index (χ4v) is 2.90. The first kappa shape index (κ1) is 18.1. The second-order valence-electron chi connectivity index (χ2n) is 5.50. The van der Waals surface area contributed by atoms with E-state index in [1.807, 2.05) is 19.1 Å². The van der Waals surface area contributed by atoms with Crippen molar-refractivity contribution < 1.29 is 18.0 Å². The number of alkyl halides is 3. The van der Waals surface area contributed by atoms with Gasteiger partial charge in [-0.05, 0) is 52.7 Å². The molecular formula is C17H12BrF3N4O. The van der Waals surface area contributed by atoms with Gasteiger partial charge in [0.15, 0.2) is 5.69 Å². The van der Waals surface area contributed by atoms with Crippen LogP contribution >= 0.6 is 15.9 Å². The highest BCUT2D eigenvalue weighted by atomic mass is 79.9. The third kappa shape index (κ3) is 3.77. The molecule has 0 atom stereocenters. The number of hydrogen-bond donors (Lipinski definition) is 1. The molecule has 2 aromatic carbocycles. The summed E-state index contributed by atoms with van der Waals surface area (Å²) in [5.74, 6) is -0.578. The standard InChI is InChI=1S/C17H12BrF3N4O/c1-10-6-7-13(12(18)8-10)22-16(26)14-9-25(24-23-14)15-5-3-2-4-11(15)17(19,20)21/h2-9H,1H3,(H,22,26). The molecule has 1 N–H and O–H groups in total. The molecule has 134 valence electrons. The Bertz CT molecular complexity index is 969. The minimum Gasteiger partial charge on any atom is -0.319 e. The van der Waals surface area contributed by atoms with Crippen LogP contribution in [0.3, 0.4) is 0 Å². The van der Waals surface area contributed by atoms with Crippen LogP contribution in [0.4, 0.5) is 18.9 Å². The number of amides is 1. The summed E-state index contributed by atoms with van der Waals surface area (Å²) in [6.45, 7) is 1.90. The zero-order valence-corrected chi connectivity index (χ0v) is 15.0. The average molecular weight is 425 g/mol. The van der Waals surface area contributed by atoms with E-state index in [1.165, 1.54) is 18.2 Å². The average Bonchev–Trinajstić information content (AvgIpc) is 3.06.